The second-order valence-corrected chi connectivity index (χ2v) is 8.43. The highest BCUT2D eigenvalue weighted by molar-refractivity contribution is 7.99. The Kier molecular flexibility index (Phi) is 4.74. The molecule has 3 aromatic heterocycles. The molecule has 5 aromatic rings. The van der Waals surface area contributed by atoms with E-state index < -0.39 is 11.2 Å². The van der Waals surface area contributed by atoms with E-state index in [0.29, 0.717) is 33.6 Å². The summed E-state index contributed by atoms with van der Waals surface area (Å²) in [5.74, 6) is -0.289. The molecule has 8 nitrogen and oxygen atoms in total. The van der Waals surface area contributed by atoms with E-state index in [1.165, 1.54) is 29.4 Å². The number of aryl methyl sites for hydroxylation is 2. The van der Waals surface area contributed by atoms with E-state index in [4.69, 9.17) is 4.98 Å². The van der Waals surface area contributed by atoms with Crippen LogP contribution in [0.3, 0.4) is 0 Å². The van der Waals surface area contributed by atoms with Gasteiger partial charge in [0.2, 0.25) is 0 Å². The van der Waals surface area contributed by atoms with Gasteiger partial charge in [-0.1, -0.05) is 30.3 Å². The number of hydrogen-bond acceptors (Lipinski definition) is 5. The standard InChI is InChI=1S/C22H19FN6O2S/c1-26-17-18(27(2)22(31)28(3)19(17)30)25-20(26)32-21-24-15-10-6-7-11-16(15)29(21)12-13-8-4-5-9-14(13)23/h4-11H,12H2,1-3H3. The van der Waals surface area contributed by atoms with Crippen LogP contribution in [0.2, 0.25) is 0 Å². The molecule has 0 aliphatic carbocycles. The maximum Gasteiger partial charge on any atom is 0.332 e. The molecule has 0 radical (unpaired) electrons. The Morgan fingerprint density at radius 2 is 1.59 bits per heavy atom. The number of rotatable bonds is 4. The highest BCUT2D eigenvalue weighted by Crippen LogP contribution is 2.31. The predicted molar refractivity (Wildman–Crippen MR) is 121 cm³/mol. The molecule has 0 saturated heterocycles. The van der Waals surface area contributed by atoms with Crippen LogP contribution in [0.25, 0.3) is 22.2 Å². The van der Waals surface area contributed by atoms with Crippen LogP contribution in [0.5, 0.6) is 0 Å². The van der Waals surface area contributed by atoms with E-state index in [1.54, 1.807) is 36.9 Å². The topological polar surface area (TPSA) is 79.6 Å². The van der Waals surface area contributed by atoms with Gasteiger partial charge in [-0.05, 0) is 30.0 Å². The van der Waals surface area contributed by atoms with Crippen molar-refractivity contribution in [1.82, 2.24) is 28.2 Å². The fourth-order valence-electron chi connectivity index (χ4n) is 3.75. The number of nitrogens with zero attached hydrogens (tertiary/aromatic N) is 6. The Labute approximate surface area is 185 Å². The SMILES string of the molecule is Cn1c(=O)c2c(nc(Sc3nc4ccccc4n3Cc3ccccc3F)n2C)n(C)c1=O. The van der Waals surface area contributed by atoms with E-state index in [-0.39, 0.29) is 5.82 Å². The zero-order valence-electron chi connectivity index (χ0n) is 17.6. The Morgan fingerprint density at radius 1 is 0.875 bits per heavy atom. The lowest BCUT2D eigenvalue weighted by Gasteiger charge is -2.10. The van der Waals surface area contributed by atoms with Crippen molar-refractivity contribution < 1.29 is 4.39 Å². The second kappa shape index (κ2) is 7.49. The predicted octanol–water partition coefficient (Wildman–Crippen LogP) is 2.66. The number of para-hydroxylation sites is 2. The van der Waals surface area contributed by atoms with Crippen molar-refractivity contribution in [2.75, 3.05) is 0 Å². The third-order valence-electron chi connectivity index (χ3n) is 5.52. The van der Waals surface area contributed by atoms with E-state index in [1.807, 2.05) is 28.8 Å². The second-order valence-electron chi connectivity index (χ2n) is 7.49. The summed E-state index contributed by atoms with van der Waals surface area (Å²) in [5.41, 5.74) is 1.95. The van der Waals surface area contributed by atoms with Crippen molar-refractivity contribution >= 4 is 34.0 Å². The number of fused-ring (bicyclic) bond motifs is 2. The molecule has 162 valence electrons. The summed E-state index contributed by atoms with van der Waals surface area (Å²) >= 11 is 1.26. The van der Waals surface area contributed by atoms with Gasteiger partial charge in [0.25, 0.3) is 5.56 Å². The Hall–Kier alpha value is -3.66. The minimum Gasteiger partial charge on any atom is -0.316 e. The zero-order valence-corrected chi connectivity index (χ0v) is 18.4. The van der Waals surface area contributed by atoms with E-state index in [2.05, 4.69) is 4.98 Å². The van der Waals surface area contributed by atoms with Gasteiger partial charge < -0.3 is 9.13 Å². The Morgan fingerprint density at radius 3 is 2.38 bits per heavy atom. The molecule has 2 aromatic carbocycles. The van der Waals surface area contributed by atoms with Gasteiger partial charge in [-0.3, -0.25) is 13.9 Å². The van der Waals surface area contributed by atoms with Crippen LogP contribution in [0.4, 0.5) is 4.39 Å². The fourth-order valence-corrected chi connectivity index (χ4v) is 4.69. The van der Waals surface area contributed by atoms with Crippen molar-refractivity contribution in [3.63, 3.8) is 0 Å². The maximum absolute atomic E-state index is 14.4. The lowest BCUT2D eigenvalue weighted by Crippen LogP contribution is -2.37. The monoisotopic (exact) mass is 450 g/mol. The first-order valence-electron chi connectivity index (χ1n) is 9.85. The van der Waals surface area contributed by atoms with E-state index in [0.717, 1.165) is 15.6 Å². The summed E-state index contributed by atoms with van der Waals surface area (Å²) in [6, 6.07) is 14.3. The first-order valence-corrected chi connectivity index (χ1v) is 10.7. The number of benzene rings is 2. The van der Waals surface area contributed by atoms with Crippen LogP contribution in [0.15, 0.2) is 68.4 Å². The summed E-state index contributed by atoms with van der Waals surface area (Å²) < 4.78 is 20.4. The normalized spacial score (nSPS) is 11.6. The molecule has 0 fully saturated rings. The molecule has 0 aliphatic heterocycles. The highest BCUT2D eigenvalue weighted by atomic mass is 32.2. The first kappa shape index (κ1) is 20.3. The fraction of sp³-hybridized carbons (Fsp3) is 0.182. The Balaban J connectivity index is 1.68. The summed E-state index contributed by atoms with van der Waals surface area (Å²) in [4.78, 5) is 34.3. The summed E-state index contributed by atoms with van der Waals surface area (Å²) in [6.45, 7) is 0.291. The lowest BCUT2D eigenvalue weighted by atomic mass is 10.2. The maximum atomic E-state index is 14.4. The third-order valence-corrected chi connectivity index (χ3v) is 6.56. The number of hydrogen-bond donors (Lipinski definition) is 0. The van der Waals surface area contributed by atoms with Gasteiger partial charge in [-0.25, -0.2) is 19.2 Å². The number of aromatic nitrogens is 6. The van der Waals surface area contributed by atoms with Gasteiger partial charge in [0.15, 0.2) is 21.5 Å². The van der Waals surface area contributed by atoms with Crippen molar-refractivity contribution in [3.8, 4) is 0 Å². The average Bonchev–Trinajstić information content (AvgIpc) is 3.30. The van der Waals surface area contributed by atoms with Crippen molar-refractivity contribution in [1.29, 1.82) is 0 Å². The highest BCUT2D eigenvalue weighted by Gasteiger charge is 2.21. The molecule has 10 heteroatoms. The van der Waals surface area contributed by atoms with Crippen LogP contribution < -0.4 is 11.2 Å². The zero-order chi connectivity index (χ0) is 22.6. The van der Waals surface area contributed by atoms with Crippen molar-refractivity contribution in [2.45, 2.75) is 16.9 Å². The van der Waals surface area contributed by atoms with Gasteiger partial charge in [0.1, 0.15) is 5.82 Å². The average molecular weight is 450 g/mol. The van der Waals surface area contributed by atoms with Gasteiger partial charge >= 0.3 is 5.69 Å². The minimum atomic E-state index is -0.441. The van der Waals surface area contributed by atoms with Gasteiger partial charge in [0.05, 0.1) is 17.6 Å². The van der Waals surface area contributed by atoms with E-state index in [9.17, 15) is 14.0 Å². The summed E-state index contributed by atoms with van der Waals surface area (Å²) in [6.07, 6.45) is 0. The van der Waals surface area contributed by atoms with Crippen LogP contribution >= 0.6 is 11.8 Å². The molecular formula is C22H19FN6O2S. The molecule has 0 spiro atoms. The van der Waals surface area contributed by atoms with Crippen molar-refractivity contribution in [2.24, 2.45) is 21.1 Å². The van der Waals surface area contributed by atoms with Crippen LogP contribution in [0.1, 0.15) is 5.56 Å². The molecule has 0 saturated carbocycles. The minimum absolute atomic E-state index is 0.289. The molecule has 3 heterocycles. The first-order chi connectivity index (χ1) is 15.4. The summed E-state index contributed by atoms with van der Waals surface area (Å²) in [7, 11) is 4.75. The molecule has 32 heavy (non-hydrogen) atoms. The van der Waals surface area contributed by atoms with Crippen LogP contribution in [0, 0.1) is 5.82 Å². The van der Waals surface area contributed by atoms with Crippen LogP contribution in [-0.4, -0.2) is 28.2 Å². The molecule has 0 unspecified atom stereocenters. The van der Waals surface area contributed by atoms with E-state index >= 15 is 0 Å². The molecule has 0 amide bonds. The van der Waals surface area contributed by atoms with Gasteiger partial charge in [0, 0.05) is 26.7 Å². The largest absolute Gasteiger partial charge is 0.332 e. The van der Waals surface area contributed by atoms with Gasteiger partial charge in [-0.2, -0.15) is 0 Å². The lowest BCUT2D eigenvalue weighted by molar-refractivity contribution is 0.593. The smallest absolute Gasteiger partial charge is 0.316 e. The number of halogens is 1. The number of imidazole rings is 2. The molecule has 5 rings (SSSR count). The molecule has 0 N–H and O–H groups in total. The molecule has 0 bridgehead atoms. The molecule has 0 aliphatic rings. The quantitative estimate of drug-likeness (QED) is 0.421. The molecule has 0 atom stereocenters. The Bertz CT molecular complexity index is 1630. The third kappa shape index (κ3) is 3.06. The van der Waals surface area contributed by atoms with Gasteiger partial charge in [-0.15, -0.1) is 0 Å². The molecular weight excluding hydrogens is 431 g/mol. The summed E-state index contributed by atoms with van der Waals surface area (Å²) in [5, 5.41) is 1.11. The van der Waals surface area contributed by atoms with Crippen LogP contribution in [-0.2, 0) is 27.7 Å². The van der Waals surface area contributed by atoms with Crippen molar-refractivity contribution in [3.05, 3.63) is 80.7 Å².